The zero-order valence-electron chi connectivity index (χ0n) is 14.5. The van der Waals surface area contributed by atoms with Crippen molar-refractivity contribution < 1.29 is 4.79 Å². The van der Waals surface area contributed by atoms with Gasteiger partial charge in [-0.25, -0.2) is 4.98 Å². The summed E-state index contributed by atoms with van der Waals surface area (Å²) in [5.41, 5.74) is 0.860. The maximum atomic E-state index is 12.5. The molecule has 1 N–H and O–H groups in total. The maximum Gasteiger partial charge on any atom is 0.259 e. The van der Waals surface area contributed by atoms with Crippen LogP contribution >= 0.6 is 23.1 Å². The van der Waals surface area contributed by atoms with Crippen molar-refractivity contribution >= 4 is 39.2 Å². The summed E-state index contributed by atoms with van der Waals surface area (Å²) in [7, 11) is 0. The van der Waals surface area contributed by atoms with Crippen LogP contribution in [0.1, 0.15) is 36.0 Å². The van der Waals surface area contributed by atoms with E-state index in [4.69, 9.17) is 5.26 Å². The molecule has 1 unspecified atom stereocenters. The Morgan fingerprint density at radius 3 is 2.88 bits per heavy atom. The van der Waals surface area contributed by atoms with Gasteiger partial charge in [0.1, 0.15) is 17.2 Å². The van der Waals surface area contributed by atoms with Gasteiger partial charge in [-0.15, -0.1) is 23.1 Å². The number of aromatic nitrogens is 2. The summed E-state index contributed by atoms with van der Waals surface area (Å²) in [5.74, 6) is 1.03. The summed E-state index contributed by atoms with van der Waals surface area (Å²) >= 11 is 2.96. The Morgan fingerprint density at radius 1 is 1.52 bits per heavy atom. The fourth-order valence-corrected chi connectivity index (χ4v) is 4.60. The summed E-state index contributed by atoms with van der Waals surface area (Å²) in [5, 5.41) is 9.29. The van der Waals surface area contributed by atoms with Crippen molar-refractivity contribution in [2.24, 2.45) is 0 Å². The standard InChI is InChI=1S/C17H20N4O2S2/c1-9-10(2)25-16-14(9)15(22)19-13(20-16)8-24-11(3)17(23)21(7-6-18)12-4-5-12/h11-12H,4-5,7-8H2,1-3H3,(H,19,20,22). The summed E-state index contributed by atoms with van der Waals surface area (Å²) in [6.45, 7) is 5.90. The number of nitrogens with zero attached hydrogens (tertiary/aromatic N) is 3. The summed E-state index contributed by atoms with van der Waals surface area (Å²) < 4.78 is 0. The molecule has 1 fully saturated rings. The van der Waals surface area contributed by atoms with Crippen molar-refractivity contribution in [3.8, 4) is 6.07 Å². The van der Waals surface area contributed by atoms with Crippen molar-refractivity contribution in [3.63, 3.8) is 0 Å². The van der Waals surface area contributed by atoms with Crippen molar-refractivity contribution in [2.45, 2.75) is 50.7 Å². The van der Waals surface area contributed by atoms with E-state index in [0.717, 1.165) is 28.1 Å². The van der Waals surface area contributed by atoms with Gasteiger partial charge in [0, 0.05) is 10.9 Å². The van der Waals surface area contributed by atoms with Crippen LogP contribution in [0.25, 0.3) is 10.2 Å². The van der Waals surface area contributed by atoms with Crippen LogP contribution in [-0.2, 0) is 10.5 Å². The number of fused-ring (bicyclic) bond motifs is 1. The first-order valence-electron chi connectivity index (χ1n) is 8.20. The van der Waals surface area contributed by atoms with Crippen LogP contribution in [0.2, 0.25) is 0 Å². The molecule has 1 amide bonds. The number of nitrogens with one attached hydrogen (secondary N) is 1. The molecule has 1 aliphatic rings. The van der Waals surface area contributed by atoms with Crippen LogP contribution in [0.3, 0.4) is 0 Å². The van der Waals surface area contributed by atoms with E-state index in [0.29, 0.717) is 17.0 Å². The molecule has 2 aromatic heterocycles. The molecule has 1 saturated carbocycles. The van der Waals surface area contributed by atoms with Gasteiger partial charge in [0.2, 0.25) is 5.91 Å². The number of thioether (sulfide) groups is 1. The predicted molar refractivity (Wildman–Crippen MR) is 101 cm³/mol. The molecular weight excluding hydrogens is 356 g/mol. The highest BCUT2D eigenvalue weighted by Gasteiger charge is 2.34. The summed E-state index contributed by atoms with van der Waals surface area (Å²) in [6.07, 6.45) is 1.96. The van der Waals surface area contributed by atoms with Crippen molar-refractivity contribution in [3.05, 3.63) is 26.6 Å². The van der Waals surface area contributed by atoms with Gasteiger partial charge >= 0.3 is 0 Å². The number of aromatic amines is 1. The number of carbonyl (C=O) groups excluding carboxylic acids is 1. The molecule has 0 aromatic carbocycles. The Morgan fingerprint density at radius 2 is 2.24 bits per heavy atom. The third kappa shape index (κ3) is 3.72. The number of hydrogen-bond donors (Lipinski definition) is 1. The highest BCUT2D eigenvalue weighted by atomic mass is 32.2. The second-order valence-electron chi connectivity index (χ2n) is 6.28. The zero-order chi connectivity index (χ0) is 18.1. The molecule has 3 rings (SSSR count). The van der Waals surface area contributed by atoms with Gasteiger partial charge in [0.25, 0.3) is 5.56 Å². The first kappa shape index (κ1) is 18.0. The molecule has 1 atom stereocenters. The average Bonchev–Trinajstić information content (AvgIpc) is 3.36. The smallest absolute Gasteiger partial charge is 0.259 e. The molecule has 6 nitrogen and oxygen atoms in total. The van der Waals surface area contributed by atoms with Crippen molar-refractivity contribution in [1.29, 1.82) is 5.26 Å². The largest absolute Gasteiger partial charge is 0.325 e. The van der Waals surface area contributed by atoms with Gasteiger partial charge in [-0.3, -0.25) is 9.59 Å². The molecule has 132 valence electrons. The SMILES string of the molecule is Cc1sc2nc(CSC(C)C(=O)N(CC#N)C3CC3)[nH]c(=O)c2c1C. The van der Waals surface area contributed by atoms with Gasteiger partial charge in [-0.05, 0) is 39.2 Å². The fourth-order valence-electron chi connectivity index (χ4n) is 2.73. The molecule has 1 aliphatic carbocycles. The number of hydrogen-bond acceptors (Lipinski definition) is 6. The lowest BCUT2D eigenvalue weighted by atomic mass is 10.2. The van der Waals surface area contributed by atoms with Crippen LogP contribution in [-0.4, -0.2) is 38.6 Å². The van der Waals surface area contributed by atoms with Gasteiger partial charge in [0.05, 0.1) is 22.5 Å². The van der Waals surface area contributed by atoms with Crippen molar-refractivity contribution in [2.75, 3.05) is 6.54 Å². The Bertz CT molecular complexity index is 908. The van der Waals surface area contributed by atoms with Crippen LogP contribution < -0.4 is 5.56 Å². The quantitative estimate of drug-likeness (QED) is 0.783. The Balaban J connectivity index is 1.70. The third-order valence-electron chi connectivity index (χ3n) is 4.42. The first-order chi connectivity index (χ1) is 11.9. The van der Waals surface area contributed by atoms with Gasteiger partial charge in [-0.1, -0.05) is 0 Å². The lowest BCUT2D eigenvalue weighted by molar-refractivity contribution is -0.130. The van der Waals surface area contributed by atoms with Crippen LogP contribution in [0.15, 0.2) is 4.79 Å². The van der Waals surface area contributed by atoms with E-state index in [1.165, 1.54) is 23.1 Å². The molecular formula is C17H20N4O2S2. The first-order valence-corrected chi connectivity index (χ1v) is 10.1. The monoisotopic (exact) mass is 376 g/mol. The number of aryl methyl sites for hydroxylation is 2. The Kier molecular flexibility index (Phi) is 5.16. The lowest BCUT2D eigenvalue weighted by Gasteiger charge is -2.22. The lowest BCUT2D eigenvalue weighted by Crippen LogP contribution is -2.38. The van der Waals surface area contributed by atoms with Crippen LogP contribution in [0.4, 0.5) is 0 Å². The van der Waals surface area contributed by atoms with E-state index in [2.05, 4.69) is 16.0 Å². The number of nitriles is 1. The number of thiophene rings is 1. The molecule has 0 bridgehead atoms. The zero-order valence-corrected chi connectivity index (χ0v) is 16.1. The third-order valence-corrected chi connectivity index (χ3v) is 6.66. The highest BCUT2D eigenvalue weighted by Crippen LogP contribution is 2.30. The predicted octanol–water partition coefficient (Wildman–Crippen LogP) is 2.74. The topological polar surface area (TPSA) is 89.8 Å². The number of amides is 1. The molecule has 0 aliphatic heterocycles. The van der Waals surface area contributed by atoms with E-state index >= 15 is 0 Å². The van der Waals surface area contributed by atoms with Gasteiger partial charge in [0.15, 0.2) is 0 Å². The van der Waals surface area contributed by atoms with E-state index in [1.54, 1.807) is 4.90 Å². The second-order valence-corrected chi connectivity index (χ2v) is 8.82. The molecule has 2 heterocycles. The van der Waals surface area contributed by atoms with Crippen molar-refractivity contribution in [1.82, 2.24) is 14.9 Å². The van der Waals surface area contributed by atoms with E-state index in [-0.39, 0.29) is 29.3 Å². The molecule has 0 saturated heterocycles. The Hall–Kier alpha value is -1.85. The van der Waals surface area contributed by atoms with Gasteiger partial charge < -0.3 is 9.88 Å². The number of H-pyrrole nitrogens is 1. The minimum absolute atomic E-state index is 0.0136. The maximum absolute atomic E-state index is 12.5. The van der Waals surface area contributed by atoms with Crippen LogP contribution in [0.5, 0.6) is 0 Å². The fraction of sp³-hybridized carbons (Fsp3) is 0.529. The number of carbonyl (C=O) groups is 1. The molecule has 0 radical (unpaired) electrons. The minimum Gasteiger partial charge on any atom is -0.325 e. The Labute approximate surface area is 154 Å². The normalized spacial score (nSPS) is 15.1. The van der Waals surface area contributed by atoms with E-state index < -0.39 is 0 Å². The highest BCUT2D eigenvalue weighted by molar-refractivity contribution is 7.99. The molecule has 25 heavy (non-hydrogen) atoms. The summed E-state index contributed by atoms with van der Waals surface area (Å²) in [6, 6.07) is 2.29. The molecule has 0 spiro atoms. The number of rotatable bonds is 6. The second kappa shape index (κ2) is 7.18. The van der Waals surface area contributed by atoms with E-state index in [9.17, 15) is 9.59 Å². The summed E-state index contributed by atoms with van der Waals surface area (Å²) in [4.78, 5) is 35.7. The van der Waals surface area contributed by atoms with E-state index in [1.807, 2.05) is 20.8 Å². The average molecular weight is 377 g/mol. The molecule has 2 aromatic rings. The van der Waals surface area contributed by atoms with Crippen LogP contribution in [0, 0.1) is 25.2 Å². The molecule has 8 heteroatoms. The van der Waals surface area contributed by atoms with Gasteiger partial charge in [-0.2, -0.15) is 5.26 Å². The minimum atomic E-state index is -0.276.